The van der Waals surface area contributed by atoms with Crippen molar-refractivity contribution in [1.29, 1.82) is 0 Å². The minimum Gasteiger partial charge on any atom is -0.370 e. The molecule has 3 N–H and O–H groups in total. The maximum atomic E-state index is 5.96. The Balaban J connectivity index is 2.90. The van der Waals surface area contributed by atoms with Crippen molar-refractivity contribution in [2.24, 2.45) is 10.7 Å². The van der Waals surface area contributed by atoms with Crippen LogP contribution in [0.25, 0.3) is 0 Å². The highest BCUT2D eigenvalue weighted by atomic mass is 35.5. The van der Waals surface area contributed by atoms with E-state index in [0.29, 0.717) is 11.0 Å². The molecule has 0 heterocycles. The largest absolute Gasteiger partial charge is 0.370 e. The summed E-state index contributed by atoms with van der Waals surface area (Å²) < 4.78 is 0. The van der Waals surface area contributed by atoms with E-state index in [1.807, 2.05) is 25.1 Å². The van der Waals surface area contributed by atoms with Gasteiger partial charge in [0.1, 0.15) is 0 Å². The van der Waals surface area contributed by atoms with Gasteiger partial charge in [-0.3, -0.25) is 4.99 Å². The standard InChI is InChI=1S/C9H12ClN3/c1-6-3-4-8(7(10)5-6)13-9(11)12-2/h3-5H,1-2H3,(H3,11,12,13). The molecule has 1 rings (SSSR count). The van der Waals surface area contributed by atoms with Gasteiger partial charge in [0.2, 0.25) is 0 Å². The molecule has 0 bridgehead atoms. The molecule has 1 aromatic carbocycles. The van der Waals surface area contributed by atoms with E-state index in [1.165, 1.54) is 0 Å². The molecule has 0 spiro atoms. The number of aryl methyl sites for hydroxylation is 1. The number of nitrogens with one attached hydrogen (secondary N) is 1. The Morgan fingerprint density at radius 1 is 1.54 bits per heavy atom. The highest BCUT2D eigenvalue weighted by molar-refractivity contribution is 6.33. The van der Waals surface area contributed by atoms with E-state index in [4.69, 9.17) is 17.3 Å². The van der Waals surface area contributed by atoms with Crippen LogP contribution in [0.15, 0.2) is 23.2 Å². The second-order valence-corrected chi connectivity index (χ2v) is 3.12. The molecule has 0 unspecified atom stereocenters. The quantitative estimate of drug-likeness (QED) is 0.535. The molecule has 0 aliphatic heterocycles. The van der Waals surface area contributed by atoms with Crippen LogP contribution in [0.2, 0.25) is 5.02 Å². The number of hydrogen-bond acceptors (Lipinski definition) is 1. The summed E-state index contributed by atoms with van der Waals surface area (Å²) in [4.78, 5) is 3.77. The van der Waals surface area contributed by atoms with Crippen molar-refractivity contribution in [3.8, 4) is 0 Å². The van der Waals surface area contributed by atoms with Crippen molar-refractivity contribution in [1.82, 2.24) is 0 Å². The second-order valence-electron chi connectivity index (χ2n) is 2.72. The zero-order valence-corrected chi connectivity index (χ0v) is 8.39. The Bertz CT molecular complexity index is 334. The number of nitrogens with two attached hydrogens (primary N) is 1. The number of guanidine groups is 1. The number of hydrogen-bond donors (Lipinski definition) is 2. The first-order valence-corrected chi connectivity index (χ1v) is 4.26. The maximum Gasteiger partial charge on any atom is 0.192 e. The normalized spacial score (nSPS) is 11.5. The summed E-state index contributed by atoms with van der Waals surface area (Å²) >= 11 is 5.96. The van der Waals surface area contributed by atoms with Crippen LogP contribution in [0.5, 0.6) is 0 Å². The Kier molecular flexibility index (Phi) is 3.14. The van der Waals surface area contributed by atoms with Crippen LogP contribution in [-0.2, 0) is 0 Å². The minimum atomic E-state index is 0.353. The molecule has 0 fully saturated rings. The summed E-state index contributed by atoms with van der Waals surface area (Å²) in [6.45, 7) is 1.98. The topological polar surface area (TPSA) is 50.4 Å². The molecule has 13 heavy (non-hydrogen) atoms. The van der Waals surface area contributed by atoms with Gasteiger partial charge in [-0.15, -0.1) is 0 Å². The van der Waals surface area contributed by atoms with Crippen LogP contribution in [0, 0.1) is 6.92 Å². The van der Waals surface area contributed by atoms with Crippen molar-refractivity contribution in [3.05, 3.63) is 28.8 Å². The molecule has 0 saturated carbocycles. The molecule has 0 aromatic heterocycles. The van der Waals surface area contributed by atoms with Gasteiger partial charge >= 0.3 is 0 Å². The summed E-state index contributed by atoms with van der Waals surface area (Å²) in [7, 11) is 1.62. The van der Waals surface area contributed by atoms with Crippen LogP contribution >= 0.6 is 11.6 Å². The van der Waals surface area contributed by atoms with Crippen molar-refractivity contribution in [2.75, 3.05) is 12.4 Å². The first-order valence-electron chi connectivity index (χ1n) is 3.89. The first-order chi connectivity index (χ1) is 6.13. The fourth-order valence-electron chi connectivity index (χ4n) is 0.915. The number of benzene rings is 1. The average Bonchev–Trinajstić information content (AvgIpc) is 2.09. The highest BCUT2D eigenvalue weighted by Gasteiger charge is 2.00. The van der Waals surface area contributed by atoms with Gasteiger partial charge in [-0.2, -0.15) is 0 Å². The Morgan fingerprint density at radius 3 is 2.77 bits per heavy atom. The van der Waals surface area contributed by atoms with Crippen LogP contribution in [-0.4, -0.2) is 13.0 Å². The SMILES string of the molecule is CN=C(N)Nc1ccc(C)cc1Cl. The third-order valence-electron chi connectivity index (χ3n) is 1.63. The van der Waals surface area contributed by atoms with Gasteiger partial charge in [-0.1, -0.05) is 17.7 Å². The fraction of sp³-hybridized carbons (Fsp3) is 0.222. The lowest BCUT2D eigenvalue weighted by molar-refractivity contribution is 1.37. The van der Waals surface area contributed by atoms with E-state index < -0.39 is 0 Å². The molecule has 0 aliphatic rings. The highest BCUT2D eigenvalue weighted by Crippen LogP contribution is 2.22. The summed E-state index contributed by atoms with van der Waals surface area (Å²) in [5.41, 5.74) is 7.38. The van der Waals surface area contributed by atoms with Crippen LogP contribution in [0.3, 0.4) is 0 Å². The van der Waals surface area contributed by atoms with E-state index in [0.717, 1.165) is 11.3 Å². The number of rotatable bonds is 1. The van der Waals surface area contributed by atoms with E-state index in [9.17, 15) is 0 Å². The van der Waals surface area contributed by atoms with Gasteiger partial charge < -0.3 is 11.1 Å². The van der Waals surface area contributed by atoms with Gasteiger partial charge in [0.25, 0.3) is 0 Å². The summed E-state index contributed by atoms with van der Waals surface area (Å²) in [6, 6.07) is 5.69. The predicted octanol–water partition coefficient (Wildman–Crippen LogP) is 2.00. The average molecular weight is 198 g/mol. The Morgan fingerprint density at radius 2 is 2.23 bits per heavy atom. The van der Waals surface area contributed by atoms with Gasteiger partial charge in [-0.05, 0) is 24.6 Å². The van der Waals surface area contributed by atoms with Crippen LogP contribution in [0.1, 0.15) is 5.56 Å². The van der Waals surface area contributed by atoms with E-state index in [1.54, 1.807) is 7.05 Å². The number of aliphatic imine (C=N–C) groups is 1. The third kappa shape index (κ3) is 2.63. The minimum absolute atomic E-state index is 0.353. The predicted molar refractivity (Wildman–Crippen MR) is 57.4 cm³/mol. The number of anilines is 1. The molecule has 0 atom stereocenters. The molecule has 0 saturated heterocycles. The molecule has 0 amide bonds. The molecule has 70 valence electrons. The molecule has 0 aliphatic carbocycles. The fourth-order valence-corrected chi connectivity index (χ4v) is 1.20. The molecular weight excluding hydrogens is 186 g/mol. The monoisotopic (exact) mass is 197 g/mol. The molecule has 4 heteroatoms. The van der Waals surface area contributed by atoms with Gasteiger partial charge in [-0.25, -0.2) is 0 Å². The molecule has 0 radical (unpaired) electrons. The third-order valence-corrected chi connectivity index (χ3v) is 1.94. The van der Waals surface area contributed by atoms with E-state index in [-0.39, 0.29) is 0 Å². The molecule has 3 nitrogen and oxygen atoms in total. The zero-order chi connectivity index (χ0) is 9.84. The summed E-state index contributed by atoms with van der Waals surface area (Å²) in [5.74, 6) is 0.353. The molecular formula is C9H12ClN3. The lowest BCUT2D eigenvalue weighted by atomic mass is 10.2. The second kappa shape index (κ2) is 4.14. The number of nitrogens with zero attached hydrogens (tertiary/aromatic N) is 1. The summed E-state index contributed by atoms with van der Waals surface area (Å²) in [6.07, 6.45) is 0. The smallest absolute Gasteiger partial charge is 0.192 e. The van der Waals surface area contributed by atoms with Crippen molar-refractivity contribution in [3.63, 3.8) is 0 Å². The first kappa shape index (κ1) is 9.86. The van der Waals surface area contributed by atoms with E-state index in [2.05, 4.69) is 10.3 Å². The van der Waals surface area contributed by atoms with Gasteiger partial charge in [0.15, 0.2) is 5.96 Å². The number of halogens is 1. The van der Waals surface area contributed by atoms with E-state index >= 15 is 0 Å². The zero-order valence-electron chi connectivity index (χ0n) is 7.63. The van der Waals surface area contributed by atoms with Crippen molar-refractivity contribution < 1.29 is 0 Å². The van der Waals surface area contributed by atoms with Gasteiger partial charge in [0, 0.05) is 7.05 Å². The molecule has 1 aromatic rings. The summed E-state index contributed by atoms with van der Waals surface area (Å²) in [5, 5.41) is 3.53. The van der Waals surface area contributed by atoms with Crippen molar-refractivity contribution in [2.45, 2.75) is 6.92 Å². The van der Waals surface area contributed by atoms with Crippen molar-refractivity contribution >= 4 is 23.2 Å². The lowest BCUT2D eigenvalue weighted by Crippen LogP contribution is -2.22. The van der Waals surface area contributed by atoms with Crippen LogP contribution in [0.4, 0.5) is 5.69 Å². The van der Waals surface area contributed by atoms with Gasteiger partial charge in [0.05, 0.1) is 10.7 Å². The maximum absolute atomic E-state index is 5.96. The Labute approximate surface area is 82.6 Å². The Hall–Kier alpha value is -1.22. The van der Waals surface area contributed by atoms with Crippen LogP contribution < -0.4 is 11.1 Å². The lowest BCUT2D eigenvalue weighted by Gasteiger charge is -2.07.